The Morgan fingerprint density at radius 3 is 2.40 bits per heavy atom. The fourth-order valence-corrected chi connectivity index (χ4v) is 2.18. The standard InChI is InChI=1S/C7H11BrO2/c8-6-4-2-1-3-5(6)7(9)10/h5-6H,1-4H2,(H,9,10)/t5-,6+/m0/s1. The Morgan fingerprint density at radius 1 is 1.40 bits per heavy atom. The van der Waals surface area contributed by atoms with Crippen LogP contribution in [0.2, 0.25) is 0 Å². The molecule has 10 heavy (non-hydrogen) atoms. The first-order chi connectivity index (χ1) is 4.72. The van der Waals surface area contributed by atoms with Crippen molar-refractivity contribution in [3.8, 4) is 0 Å². The van der Waals surface area contributed by atoms with Crippen molar-refractivity contribution in [1.82, 2.24) is 0 Å². The van der Waals surface area contributed by atoms with Crippen molar-refractivity contribution in [2.24, 2.45) is 5.92 Å². The third-order valence-electron chi connectivity index (χ3n) is 2.00. The molecule has 0 bridgehead atoms. The van der Waals surface area contributed by atoms with Crippen LogP contribution in [0.1, 0.15) is 25.7 Å². The van der Waals surface area contributed by atoms with E-state index in [1.54, 1.807) is 0 Å². The van der Waals surface area contributed by atoms with Crippen molar-refractivity contribution < 1.29 is 9.90 Å². The first-order valence-electron chi connectivity index (χ1n) is 3.58. The molecule has 2 nitrogen and oxygen atoms in total. The summed E-state index contributed by atoms with van der Waals surface area (Å²) in [7, 11) is 0. The van der Waals surface area contributed by atoms with E-state index < -0.39 is 5.97 Å². The molecule has 0 radical (unpaired) electrons. The van der Waals surface area contributed by atoms with Gasteiger partial charge in [-0.15, -0.1) is 0 Å². The number of hydrogen-bond acceptors (Lipinski definition) is 1. The Balaban J connectivity index is 2.47. The zero-order valence-electron chi connectivity index (χ0n) is 5.72. The topological polar surface area (TPSA) is 37.3 Å². The zero-order chi connectivity index (χ0) is 7.56. The smallest absolute Gasteiger partial charge is 0.307 e. The Kier molecular flexibility index (Phi) is 2.72. The van der Waals surface area contributed by atoms with Crippen LogP contribution in [0.25, 0.3) is 0 Å². The van der Waals surface area contributed by atoms with Gasteiger partial charge in [0, 0.05) is 4.83 Å². The van der Waals surface area contributed by atoms with E-state index in [1.807, 2.05) is 0 Å². The summed E-state index contributed by atoms with van der Waals surface area (Å²) in [5.41, 5.74) is 0. The van der Waals surface area contributed by atoms with Crippen LogP contribution in [0.15, 0.2) is 0 Å². The van der Waals surface area contributed by atoms with E-state index in [4.69, 9.17) is 5.11 Å². The number of carbonyl (C=O) groups is 1. The van der Waals surface area contributed by atoms with Crippen LogP contribution < -0.4 is 0 Å². The van der Waals surface area contributed by atoms with Crippen LogP contribution in [-0.4, -0.2) is 15.9 Å². The quantitative estimate of drug-likeness (QED) is 0.668. The molecule has 0 aromatic carbocycles. The highest BCUT2D eigenvalue weighted by atomic mass is 79.9. The predicted molar refractivity (Wildman–Crippen MR) is 42.3 cm³/mol. The largest absolute Gasteiger partial charge is 0.481 e. The van der Waals surface area contributed by atoms with Crippen molar-refractivity contribution in [1.29, 1.82) is 0 Å². The minimum absolute atomic E-state index is 0.145. The molecule has 3 heteroatoms. The second-order valence-corrected chi connectivity index (χ2v) is 3.92. The van der Waals surface area contributed by atoms with Crippen LogP contribution in [0.4, 0.5) is 0 Å². The molecule has 0 aromatic heterocycles. The Morgan fingerprint density at radius 2 is 2.00 bits per heavy atom. The van der Waals surface area contributed by atoms with Gasteiger partial charge in [-0.1, -0.05) is 28.8 Å². The summed E-state index contributed by atoms with van der Waals surface area (Å²) in [5, 5.41) is 8.68. The lowest BCUT2D eigenvalue weighted by Gasteiger charge is -2.23. The summed E-state index contributed by atoms with van der Waals surface area (Å²) in [5.74, 6) is -0.796. The van der Waals surface area contributed by atoms with Gasteiger partial charge in [-0.05, 0) is 12.8 Å². The van der Waals surface area contributed by atoms with E-state index in [-0.39, 0.29) is 10.7 Å². The number of halogens is 1. The molecule has 58 valence electrons. The summed E-state index contributed by atoms with van der Waals surface area (Å²) in [6.45, 7) is 0. The van der Waals surface area contributed by atoms with Crippen LogP contribution in [-0.2, 0) is 4.79 Å². The summed E-state index contributed by atoms with van der Waals surface area (Å²) in [4.78, 5) is 10.7. The minimum Gasteiger partial charge on any atom is -0.481 e. The summed E-state index contributed by atoms with van der Waals surface area (Å²) < 4.78 is 0. The lowest BCUT2D eigenvalue weighted by Crippen LogP contribution is -2.26. The molecule has 0 amide bonds. The molecule has 1 aliphatic rings. The Labute approximate surface area is 68.7 Å². The van der Waals surface area contributed by atoms with Gasteiger partial charge in [0.05, 0.1) is 5.92 Å². The van der Waals surface area contributed by atoms with E-state index in [1.165, 1.54) is 6.42 Å². The monoisotopic (exact) mass is 206 g/mol. The van der Waals surface area contributed by atoms with Crippen molar-refractivity contribution in [3.05, 3.63) is 0 Å². The highest BCUT2D eigenvalue weighted by molar-refractivity contribution is 9.09. The molecule has 0 aliphatic heterocycles. The summed E-state index contributed by atoms with van der Waals surface area (Å²) in [6, 6.07) is 0. The molecule has 1 rings (SSSR count). The normalized spacial score (nSPS) is 33.7. The van der Waals surface area contributed by atoms with Crippen LogP contribution in [0.5, 0.6) is 0 Å². The fraction of sp³-hybridized carbons (Fsp3) is 0.857. The number of aliphatic carboxylic acids is 1. The lowest BCUT2D eigenvalue weighted by molar-refractivity contribution is -0.142. The molecule has 1 saturated carbocycles. The molecule has 2 atom stereocenters. The van der Waals surface area contributed by atoms with E-state index >= 15 is 0 Å². The first-order valence-corrected chi connectivity index (χ1v) is 4.50. The molecular formula is C7H11BrO2. The highest BCUT2D eigenvalue weighted by Crippen LogP contribution is 2.29. The number of carboxylic acids is 1. The van der Waals surface area contributed by atoms with Gasteiger partial charge in [-0.3, -0.25) is 4.79 Å². The van der Waals surface area contributed by atoms with Gasteiger partial charge in [0.2, 0.25) is 0 Å². The van der Waals surface area contributed by atoms with Gasteiger partial charge in [-0.25, -0.2) is 0 Å². The zero-order valence-corrected chi connectivity index (χ0v) is 7.30. The van der Waals surface area contributed by atoms with E-state index in [2.05, 4.69) is 15.9 Å². The average molecular weight is 207 g/mol. The van der Waals surface area contributed by atoms with E-state index in [9.17, 15) is 4.79 Å². The van der Waals surface area contributed by atoms with Gasteiger partial charge in [0.25, 0.3) is 0 Å². The van der Waals surface area contributed by atoms with Gasteiger partial charge >= 0.3 is 5.97 Å². The molecular weight excluding hydrogens is 196 g/mol. The van der Waals surface area contributed by atoms with Crippen molar-refractivity contribution in [3.63, 3.8) is 0 Å². The molecule has 0 spiro atoms. The molecule has 1 N–H and O–H groups in total. The molecule has 1 aliphatic carbocycles. The van der Waals surface area contributed by atoms with Gasteiger partial charge < -0.3 is 5.11 Å². The maximum atomic E-state index is 10.5. The fourth-order valence-electron chi connectivity index (χ4n) is 1.36. The second kappa shape index (κ2) is 3.37. The summed E-state index contributed by atoms with van der Waals surface area (Å²) in [6.07, 6.45) is 4.08. The maximum absolute atomic E-state index is 10.5. The van der Waals surface area contributed by atoms with Gasteiger partial charge in [0.1, 0.15) is 0 Å². The Bertz CT molecular complexity index is 136. The minimum atomic E-state index is -0.651. The highest BCUT2D eigenvalue weighted by Gasteiger charge is 2.28. The maximum Gasteiger partial charge on any atom is 0.307 e. The molecule has 0 heterocycles. The molecule has 0 unspecified atom stereocenters. The van der Waals surface area contributed by atoms with Crippen LogP contribution in [0, 0.1) is 5.92 Å². The Hall–Kier alpha value is -0.0500. The predicted octanol–water partition coefficient (Wildman–Crippen LogP) is 2.02. The summed E-state index contributed by atoms with van der Waals surface area (Å²) >= 11 is 3.37. The van der Waals surface area contributed by atoms with Crippen molar-refractivity contribution >= 4 is 21.9 Å². The van der Waals surface area contributed by atoms with Gasteiger partial charge in [0.15, 0.2) is 0 Å². The van der Waals surface area contributed by atoms with Gasteiger partial charge in [-0.2, -0.15) is 0 Å². The van der Waals surface area contributed by atoms with Crippen LogP contribution in [0.3, 0.4) is 0 Å². The van der Waals surface area contributed by atoms with Crippen molar-refractivity contribution in [2.45, 2.75) is 30.5 Å². The van der Waals surface area contributed by atoms with Crippen LogP contribution >= 0.6 is 15.9 Å². The molecule has 0 aromatic rings. The average Bonchev–Trinajstić information content (AvgIpc) is 1.88. The number of alkyl halides is 1. The van der Waals surface area contributed by atoms with E-state index in [0.717, 1.165) is 19.3 Å². The molecule has 0 saturated heterocycles. The third kappa shape index (κ3) is 1.72. The lowest BCUT2D eigenvalue weighted by atomic mass is 9.89. The number of rotatable bonds is 1. The third-order valence-corrected chi connectivity index (χ3v) is 3.09. The first kappa shape index (κ1) is 8.05. The van der Waals surface area contributed by atoms with Crippen molar-refractivity contribution in [2.75, 3.05) is 0 Å². The number of hydrogen-bond donors (Lipinski definition) is 1. The second-order valence-electron chi connectivity index (χ2n) is 2.75. The number of carboxylic acid groups (broad SMARTS) is 1. The SMILES string of the molecule is O=C(O)[C@H]1CCCC[C@H]1Br. The molecule has 1 fully saturated rings. The van der Waals surface area contributed by atoms with E-state index in [0.29, 0.717) is 0 Å².